The predicted octanol–water partition coefficient (Wildman–Crippen LogP) is 5.46. The molecular formula is C24H22N2O4S2. The van der Waals surface area contributed by atoms with Crippen LogP contribution in [0.5, 0.6) is 0 Å². The number of nitrogens with one attached hydrogen (secondary N) is 1. The zero-order valence-electron chi connectivity index (χ0n) is 17.8. The van der Waals surface area contributed by atoms with Gasteiger partial charge in [-0.3, -0.25) is 4.72 Å². The first-order valence-corrected chi connectivity index (χ1v) is 12.5. The molecule has 0 radical (unpaired) electrons. The Labute approximate surface area is 192 Å². The molecule has 0 saturated carbocycles. The van der Waals surface area contributed by atoms with E-state index in [1.807, 2.05) is 24.5 Å². The number of hydrogen-bond acceptors (Lipinski definition) is 5. The van der Waals surface area contributed by atoms with E-state index in [9.17, 15) is 23.6 Å². The summed E-state index contributed by atoms with van der Waals surface area (Å²) in [5, 5.41) is 18.8. The highest BCUT2D eigenvalue weighted by molar-refractivity contribution is 7.98. The Morgan fingerprint density at radius 2 is 1.69 bits per heavy atom. The van der Waals surface area contributed by atoms with E-state index in [4.69, 9.17) is 0 Å². The molecule has 32 heavy (non-hydrogen) atoms. The van der Waals surface area contributed by atoms with Gasteiger partial charge in [0.1, 0.15) is 6.07 Å². The Morgan fingerprint density at radius 1 is 1.03 bits per heavy atom. The van der Waals surface area contributed by atoms with Crippen LogP contribution in [0.2, 0.25) is 0 Å². The highest BCUT2D eigenvalue weighted by Gasteiger charge is 2.19. The second-order valence-electron chi connectivity index (χ2n) is 7.34. The predicted molar refractivity (Wildman–Crippen MR) is 128 cm³/mol. The Morgan fingerprint density at radius 3 is 2.25 bits per heavy atom. The highest BCUT2D eigenvalue weighted by Crippen LogP contribution is 2.35. The van der Waals surface area contributed by atoms with Gasteiger partial charge in [-0.15, -0.1) is 11.8 Å². The summed E-state index contributed by atoms with van der Waals surface area (Å²) in [6, 6.07) is 19.5. The van der Waals surface area contributed by atoms with Gasteiger partial charge in [0.2, 0.25) is 10.0 Å². The third kappa shape index (κ3) is 4.79. The molecule has 0 aliphatic carbocycles. The van der Waals surface area contributed by atoms with Gasteiger partial charge in [0.15, 0.2) is 0 Å². The lowest BCUT2D eigenvalue weighted by molar-refractivity contribution is 0.0697. The van der Waals surface area contributed by atoms with E-state index in [1.54, 1.807) is 50.2 Å². The number of carboxylic acids is 1. The second kappa shape index (κ2) is 9.47. The lowest BCUT2D eigenvalue weighted by Gasteiger charge is -2.13. The number of rotatable bonds is 7. The van der Waals surface area contributed by atoms with Crippen LogP contribution in [0.1, 0.15) is 29.8 Å². The van der Waals surface area contributed by atoms with E-state index in [2.05, 4.69) is 10.8 Å². The van der Waals surface area contributed by atoms with Crippen LogP contribution >= 0.6 is 11.8 Å². The average Bonchev–Trinajstić information content (AvgIpc) is 2.77. The van der Waals surface area contributed by atoms with Crippen molar-refractivity contribution in [3.05, 3.63) is 71.8 Å². The van der Waals surface area contributed by atoms with Crippen molar-refractivity contribution in [2.24, 2.45) is 0 Å². The fourth-order valence-electron chi connectivity index (χ4n) is 3.22. The van der Waals surface area contributed by atoms with Gasteiger partial charge in [0.25, 0.3) is 0 Å². The summed E-state index contributed by atoms with van der Waals surface area (Å²) in [6.45, 7) is 3.22. The van der Waals surface area contributed by atoms with Crippen molar-refractivity contribution in [3.63, 3.8) is 0 Å². The lowest BCUT2D eigenvalue weighted by Crippen LogP contribution is -2.22. The van der Waals surface area contributed by atoms with Crippen LogP contribution in [0.25, 0.3) is 22.3 Å². The van der Waals surface area contributed by atoms with Crippen molar-refractivity contribution in [2.75, 3.05) is 11.0 Å². The van der Waals surface area contributed by atoms with Crippen molar-refractivity contribution in [1.82, 2.24) is 0 Å². The van der Waals surface area contributed by atoms with Gasteiger partial charge in [-0.1, -0.05) is 36.4 Å². The quantitative estimate of drug-likeness (QED) is 0.448. The summed E-state index contributed by atoms with van der Waals surface area (Å²) >= 11 is 1.39. The third-order valence-corrected chi connectivity index (χ3v) is 7.52. The summed E-state index contributed by atoms with van der Waals surface area (Å²) in [5.74, 6) is -1.10. The molecule has 0 heterocycles. The molecule has 2 N–H and O–H groups in total. The molecule has 0 aromatic heterocycles. The number of hydrogen-bond donors (Lipinski definition) is 2. The minimum absolute atomic E-state index is 0.0668. The number of carboxylic acid groups (broad SMARTS) is 1. The molecule has 0 spiro atoms. The maximum Gasteiger partial charge on any atom is 0.336 e. The third-order valence-electron chi connectivity index (χ3n) is 4.98. The normalized spacial score (nSPS) is 11.2. The average molecular weight is 467 g/mol. The Balaban J connectivity index is 2.03. The lowest BCUT2D eigenvalue weighted by atomic mass is 9.93. The molecule has 0 fully saturated rings. The fourth-order valence-corrected chi connectivity index (χ4v) is 4.46. The van der Waals surface area contributed by atoms with Gasteiger partial charge in [-0.05, 0) is 61.1 Å². The molecule has 3 aromatic carbocycles. The van der Waals surface area contributed by atoms with Crippen LogP contribution in [-0.4, -0.2) is 31.0 Å². The maximum atomic E-state index is 12.2. The number of anilines is 1. The van der Waals surface area contributed by atoms with Crippen molar-refractivity contribution < 1.29 is 18.3 Å². The SMILES string of the molecule is CSc1ccc(C(=O)O)c(-c2ccc(-c3cccc(NS(=O)(=O)C(C)C)c3)cc2)c1C#N. The Bertz CT molecular complexity index is 1310. The van der Waals surface area contributed by atoms with Gasteiger partial charge in [-0.2, -0.15) is 5.26 Å². The van der Waals surface area contributed by atoms with Gasteiger partial charge < -0.3 is 5.11 Å². The number of benzene rings is 3. The number of nitriles is 1. The van der Waals surface area contributed by atoms with Crippen molar-refractivity contribution in [3.8, 4) is 28.3 Å². The molecule has 0 aliphatic heterocycles. The van der Waals surface area contributed by atoms with Crippen LogP contribution in [0, 0.1) is 11.3 Å². The molecule has 0 atom stereocenters. The zero-order valence-corrected chi connectivity index (χ0v) is 19.4. The molecule has 3 aromatic rings. The number of nitrogens with zero attached hydrogens (tertiary/aromatic N) is 1. The maximum absolute atomic E-state index is 12.2. The molecule has 164 valence electrons. The summed E-state index contributed by atoms with van der Waals surface area (Å²) in [6.07, 6.45) is 1.84. The second-order valence-corrected chi connectivity index (χ2v) is 10.4. The van der Waals surface area contributed by atoms with E-state index in [1.165, 1.54) is 17.8 Å². The van der Waals surface area contributed by atoms with Crippen molar-refractivity contribution in [2.45, 2.75) is 24.0 Å². The van der Waals surface area contributed by atoms with Gasteiger partial charge in [0.05, 0.1) is 16.4 Å². The van der Waals surface area contributed by atoms with Crippen LogP contribution < -0.4 is 4.72 Å². The molecule has 3 rings (SSSR count). The molecule has 0 aliphatic rings. The van der Waals surface area contributed by atoms with Gasteiger partial charge in [-0.25, -0.2) is 13.2 Å². The molecule has 0 saturated heterocycles. The molecular weight excluding hydrogens is 444 g/mol. The highest BCUT2D eigenvalue weighted by atomic mass is 32.2. The minimum Gasteiger partial charge on any atom is -0.478 e. The number of aromatic carboxylic acids is 1. The number of carbonyl (C=O) groups is 1. The largest absolute Gasteiger partial charge is 0.478 e. The van der Waals surface area contributed by atoms with Gasteiger partial charge in [0, 0.05) is 16.1 Å². The fraction of sp³-hybridized carbons (Fsp3) is 0.167. The van der Waals surface area contributed by atoms with Crippen LogP contribution in [-0.2, 0) is 10.0 Å². The monoisotopic (exact) mass is 466 g/mol. The number of thioether (sulfide) groups is 1. The molecule has 0 bridgehead atoms. The van der Waals surface area contributed by atoms with E-state index >= 15 is 0 Å². The van der Waals surface area contributed by atoms with E-state index in [0.717, 1.165) is 11.1 Å². The minimum atomic E-state index is -3.46. The number of sulfonamides is 1. The smallest absolute Gasteiger partial charge is 0.336 e. The molecule has 8 heteroatoms. The Hall–Kier alpha value is -3.28. The Kier molecular flexibility index (Phi) is 6.92. The molecule has 0 unspecified atom stereocenters. The zero-order chi connectivity index (χ0) is 23.5. The first kappa shape index (κ1) is 23.4. The van der Waals surface area contributed by atoms with E-state index < -0.39 is 21.2 Å². The van der Waals surface area contributed by atoms with Crippen LogP contribution in [0.3, 0.4) is 0 Å². The van der Waals surface area contributed by atoms with Gasteiger partial charge >= 0.3 is 5.97 Å². The summed E-state index contributed by atoms with van der Waals surface area (Å²) in [5.41, 5.74) is 3.50. The first-order chi connectivity index (χ1) is 15.2. The molecule has 6 nitrogen and oxygen atoms in total. The molecule has 0 amide bonds. The van der Waals surface area contributed by atoms with Crippen LogP contribution in [0.15, 0.2) is 65.6 Å². The summed E-state index contributed by atoms with van der Waals surface area (Å²) in [4.78, 5) is 12.5. The van der Waals surface area contributed by atoms with E-state index in [-0.39, 0.29) is 5.56 Å². The first-order valence-electron chi connectivity index (χ1n) is 9.74. The summed E-state index contributed by atoms with van der Waals surface area (Å²) < 4.78 is 26.9. The standard InChI is InChI=1S/C24H22N2O4S2/c1-15(2)32(29,30)26-19-6-4-5-18(13-19)16-7-9-17(10-8-16)23-20(24(27)28)11-12-22(31-3)21(23)14-25/h4-13,15,26H,1-3H3,(H,27,28). The summed E-state index contributed by atoms with van der Waals surface area (Å²) in [7, 11) is -3.46. The van der Waals surface area contributed by atoms with E-state index in [0.29, 0.717) is 27.3 Å². The van der Waals surface area contributed by atoms with Crippen LogP contribution in [0.4, 0.5) is 5.69 Å². The van der Waals surface area contributed by atoms with Crippen molar-refractivity contribution >= 4 is 33.4 Å². The topological polar surface area (TPSA) is 107 Å². The van der Waals surface area contributed by atoms with Crippen molar-refractivity contribution in [1.29, 1.82) is 5.26 Å².